The molecule has 1 aliphatic rings. The van der Waals surface area contributed by atoms with E-state index in [0.717, 1.165) is 12.8 Å². The van der Waals surface area contributed by atoms with Gasteiger partial charge >= 0.3 is 0 Å². The van der Waals surface area contributed by atoms with Gasteiger partial charge in [-0.15, -0.1) is 0 Å². The highest BCUT2D eigenvalue weighted by atomic mass is 32.2. The van der Waals surface area contributed by atoms with Crippen LogP contribution in [0.1, 0.15) is 32.6 Å². The molecule has 1 rings (SSSR count). The first-order valence-electron chi connectivity index (χ1n) is 4.98. The maximum absolute atomic E-state index is 11.5. The van der Waals surface area contributed by atoms with Crippen LogP contribution in [0, 0.1) is 17.2 Å². The lowest BCUT2D eigenvalue weighted by Gasteiger charge is -2.25. The summed E-state index contributed by atoms with van der Waals surface area (Å²) in [6.45, 7) is 2.21. The fraction of sp³-hybridized carbons (Fsp3) is 0.889. The molecule has 1 N–H and O–H groups in total. The van der Waals surface area contributed by atoms with Crippen molar-refractivity contribution in [3.8, 4) is 6.07 Å². The quantitative estimate of drug-likeness (QED) is 0.745. The molecule has 14 heavy (non-hydrogen) atoms. The molecule has 1 atom stereocenters. The van der Waals surface area contributed by atoms with Gasteiger partial charge in [-0.3, -0.25) is 0 Å². The molecule has 0 radical (unpaired) electrons. The van der Waals surface area contributed by atoms with E-state index in [9.17, 15) is 8.42 Å². The van der Waals surface area contributed by atoms with Gasteiger partial charge in [0.1, 0.15) is 0 Å². The van der Waals surface area contributed by atoms with Gasteiger partial charge in [0.2, 0.25) is 10.0 Å². The van der Waals surface area contributed by atoms with Gasteiger partial charge in [-0.2, -0.15) is 5.26 Å². The average molecular weight is 216 g/mol. The Morgan fingerprint density at radius 3 is 2.57 bits per heavy atom. The van der Waals surface area contributed by atoms with Crippen LogP contribution < -0.4 is 4.72 Å². The third-order valence-corrected chi connectivity index (χ3v) is 4.44. The summed E-state index contributed by atoms with van der Waals surface area (Å²) in [5.41, 5.74) is 0. The summed E-state index contributed by atoms with van der Waals surface area (Å²) in [4.78, 5) is 0. The highest BCUT2D eigenvalue weighted by molar-refractivity contribution is 7.90. The molecular formula is C9H16N2O2S. The Kier molecular flexibility index (Phi) is 3.90. The molecule has 1 unspecified atom stereocenters. The number of nitrogens with zero attached hydrogens (tertiary/aromatic N) is 1. The molecule has 1 fully saturated rings. The van der Waals surface area contributed by atoms with E-state index in [1.807, 2.05) is 0 Å². The summed E-state index contributed by atoms with van der Waals surface area (Å²) >= 11 is 0. The SMILES string of the molecule is CCC(C#N)S(=O)(=O)NCC1CCC1. The van der Waals surface area contributed by atoms with Gasteiger partial charge in [0.05, 0.1) is 6.07 Å². The first-order valence-corrected chi connectivity index (χ1v) is 6.53. The van der Waals surface area contributed by atoms with E-state index in [0.29, 0.717) is 18.9 Å². The zero-order valence-corrected chi connectivity index (χ0v) is 9.18. The van der Waals surface area contributed by atoms with E-state index in [2.05, 4.69) is 4.72 Å². The zero-order valence-electron chi connectivity index (χ0n) is 8.36. The number of rotatable bonds is 5. The highest BCUT2D eigenvalue weighted by Gasteiger charge is 2.25. The Labute approximate surface area is 85.4 Å². The lowest BCUT2D eigenvalue weighted by atomic mass is 9.86. The first kappa shape index (κ1) is 11.5. The first-order chi connectivity index (χ1) is 6.60. The molecule has 0 heterocycles. The van der Waals surface area contributed by atoms with E-state index < -0.39 is 15.3 Å². The topological polar surface area (TPSA) is 70.0 Å². The van der Waals surface area contributed by atoms with Crippen molar-refractivity contribution < 1.29 is 8.42 Å². The van der Waals surface area contributed by atoms with Gasteiger partial charge in [0.15, 0.2) is 5.25 Å². The van der Waals surface area contributed by atoms with Crippen molar-refractivity contribution in [2.45, 2.75) is 37.9 Å². The number of nitriles is 1. The van der Waals surface area contributed by atoms with Crippen LogP contribution in [0.15, 0.2) is 0 Å². The molecule has 0 spiro atoms. The fourth-order valence-electron chi connectivity index (χ4n) is 1.41. The van der Waals surface area contributed by atoms with Crippen LogP contribution in [0.4, 0.5) is 0 Å². The predicted molar refractivity (Wildman–Crippen MR) is 54.0 cm³/mol. The highest BCUT2D eigenvalue weighted by Crippen LogP contribution is 2.25. The van der Waals surface area contributed by atoms with Crippen LogP contribution in [-0.2, 0) is 10.0 Å². The number of hydrogen-bond acceptors (Lipinski definition) is 3. The molecule has 0 aromatic heterocycles. The van der Waals surface area contributed by atoms with Gasteiger partial charge in [-0.05, 0) is 25.2 Å². The molecule has 0 aromatic carbocycles. The molecule has 0 saturated heterocycles. The van der Waals surface area contributed by atoms with E-state index in [4.69, 9.17) is 5.26 Å². The second-order valence-electron chi connectivity index (χ2n) is 3.72. The Bertz CT molecular complexity index is 314. The van der Waals surface area contributed by atoms with E-state index in [-0.39, 0.29) is 0 Å². The minimum Gasteiger partial charge on any atom is -0.214 e. The third kappa shape index (κ3) is 2.69. The van der Waals surface area contributed by atoms with E-state index in [1.165, 1.54) is 6.42 Å². The van der Waals surface area contributed by atoms with Crippen LogP contribution >= 0.6 is 0 Å². The van der Waals surface area contributed by atoms with Crippen molar-refractivity contribution in [3.63, 3.8) is 0 Å². The molecule has 0 bridgehead atoms. The standard InChI is InChI=1S/C9H16N2O2S/c1-2-9(6-10)14(12,13)11-7-8-4-3-5-8/h8-9,11H,2-5,7H2,1H3. The largest absolute Gasteiger partial charge is 0.227 e. The summed E-state index contributed by atoms with van der Waals surface area (Å²) in [5.74, 6) is 0.487. The van der Waals surface area contributed by atoms with E-state index >= 15 is 0 Å². The third-order valence-electron chi connectivity index (χ3n) is 2.69. The van der Waals surface area contributed by atoms with Crippen LogP contribution in [-0.4, -0.2) is 20.2 Å². The summed E-state index contributed by atoms with van der Waals surface area (Å²) < 4.78 is 25.5. The molecule has 0 aliphatic heterocycles. The van der Waals surface area contributed by atoms with Crippen LogP contribution in [0.2, 0.25) is 0 Å². The second kappa shape index (κ2) is 4.76. The summed E-state index contributed by atoms with van der Waals surface area (Å²) in [7, 11) is -3.40. The fourth-order valence-corrected chi connectivity index (χ4v) is 2.66. The molecule has 0 aromatic rings. The Morgan fingerprint density at radius 1 is 1.57 bits per heavy atom. The zero-order chi connectivity index (χ0) is 10.6. The van der Waals surface area contributed by atoms with Gasteiger partial charge in [0, 0.05) is 6.54 Å². The summed E-state index contributed by atoms with van der Waals surface area (Å²) in [6, 6.07) is 1.80. The van der Waals surface area contributed by atoms with Crippen molar-refractivity contribution in [1.29, 1.82) is 5.26 Å². The van der Waals surface area contributed by atoms with Crippen LogP contribution in [0.25, 0.3) is 0 Å². The number of nitrogens with one attached hydrogen (secondary N) is 1. The van der Waals surface area contributed by atoms with Crippen LogP contribution in [0.5, 0.6) is 0 Å². The van der Waals surface area contributed by atoms with Crippen molar-refractivity contribution in [2.24, 2.45) is 5.92 Å². The van der Waals surface area contributed by atoms with Gasteiger partial charge in [-0.25, -0.2) is 13.1 Å². The Hall–Kier alpha value is -0.600. The lowest BCUT2D eigenvalue weighted by molar-refractivity contribution is 0.316. The van der Waals surface area contributed by atoms with Crippen molar-refractivity contribution in [3.05, 3.63) is 0 Å². The van der Waals surface area contributed by atoms with Crippen molar-refractivity contribution in [2.75, 3.05) is 6.54 Å². The molecular weight excluding hydrogens is 200 g/mol. The summed E-state index contributed by atoms with van der Waals surface area (Å²) in [6.07, 6.45) is 3.75. The van der Waals surface area contributed by atoms with Crippen molar-refractivity contribution in [1.82, 2.24) is 4.72 Å². The number of sulfonamides is 1. The average Bonchev–Trinajstić information content (AvgIpc) is 2.02. The van der Waals surface area contributed by atoms with E-state index in [1.54, 1.807) is 13.0 Å². The molecule has 1 aliphatic carbocycles. The van der Waals surface area contributed by atoms with Gasteiger partial charge in [-0.1, -0.05) is 13.3 Å². The second-order valence-corrected chi connectivity index (χ2v) is 5.66. The van der Waals surface area contributed by atoms with Gasteiger partial charge in [0.25, 0.3) is 0 Å². The predicted octanol–water partition coefficient (Wildman–Crippen LogP) is 1.01. The normalized spacial score (nSPS) is 19.7. The number of hydrogen-bond donors (Lipinski definition) is 1. The molecule has 1 saturated carbocycles. The lowest BCUT2D eigenvalue weighted by Crippen LogP contribution is -2.37. The minimum absolute atomic E-state index is 0.344. The van der Waals surface area contributed by atoms with Gasteiger partial charge < -0.3 is 0 Å². The minimum atomic E-state index is -3.40. The Balaban J connectivity index is 2.44. The maximum atomic E-state index is 11.5. The monoisotopic (exact) mass is 216 g/mol. The summed E-state index contributed by atoms with van der Waals surface area (Å²) in [5, 5.41) is 7.73. The molecule has 5 heteroatoms. The smallest absolute Gasteiger partial charge is 0.214 e. The van der Waals surface area contributed by atoms with Crippen molar-refractivity contribution >= 4 is 10.0 Å². The Morgan fingerprint density at radius 2 is 2.21 bits per heavy atom. The molecule has 0 amide bonds. The van der Waals surface area contributed by atoms with Crippen LogP contribution in [0.3, 0.4) is 0 Å². The maximum Gasteiger partial charge on any atom is 0.227 e. The molecule has 4 nitrogen and oxygen atoms in total. The molecule has 80 valence electrons.